The van der Waals surface area contributed by atoms with Gasteiger partial charge >= 0.3 is 11.8 Å². The van der Waals surface area contributed by atoms with Gasteiger partial charge in [-0.05, 0) is 39.3 Å². The average Bonchev–Trinajstić information content (AvgIpc) is 3.35. The molecule has 5 atom stereocenters. The minimum Gasteiger partial charge on any atom is -0.453 e. The van der Waals surface area contributed by atoms with Crippen molar-refractivity contribution in [1.29, 1.82) is 0 Å². The molecule has 0 unspecified atom stereocenters. The first-order chi connectivity index (χ1) is 14.1. The maximum absolute atomic E-state index is 12.9. The molecule has 3 aliphatic heterocycles. The van der Waals surface area contributed by atoms with Crippen molar-refractivity contribution in [2.45, 2.75) is 62.6 Å². The van der Waals surface area contributed by atoms with E-state index in [1.54, 1.807) is 13.8 Å². The summed E-state index contributed by atoms with van der Waals surface area (Å²) in [5.74, 6) is -1.57. The van der Waals surface area contributed by atoms with Crippen LogP contribution in [-0.2, 0) is 20.9 Å². The predicted molar refractivity (Wildman–Crippen MR) is 112 cm³/mol. The van der Waals surface area contributed by atoms with Crippen molar-refractivity contribution in [3.8, 4) is 0 Å². The second-order valence-electron chi connectivity index (χ2n) is 7.96. The van der Waals surface area contributed by atoms with Gasteiger partial charge in [0.1, 0.15) is 10.8 Å². The van der Waals surface area contributed by atoms with Gasteiger partial charge in [-0.3, -0.25) is 9.69 Å². The highest BCUT2D eigenvalue weighted by atomic mass is 32.2. The fraction of sp³-hybridized carbons (Fsp3) is 0.611. The number of ether oxygens (including phenoxy) is 1. The number of amides is 1. The van der Waals surface area contributed by atoms with Crippen LogP contribution in [-0.4, -0.2) is 52.4 Å². The number of hydrogen-bond donors (Lipinski definition) is 2. The van der Waals surface area contributed by atoms with Crippen molar-refractivity contribution in [2.75, 3.05) is 0 Å². The lowest BCUT2D eigenvalue weighted by Gasteiger charge is -2.52. The zero-order chi connectivity index (χ0) is 21.8. The highest BCUT2D eigenvalue weighted by Gasteiger charge is 2.66. The fourth-order valence-corrected chi connectivity index (χ4v) is 10.1. The summed E-state index contributed by atoms with van der Waals surface area (Å²) in [5.41, 5.74) is -0.833. The molecular formula is C18H23NO8S2Si. The van der Waals surface area contributed by atoms with Gasteiger partial charge in [-0.1, -0.05) is 11.8 Å². The van der Waals surface area contributed by atoms with Gasteiger partial charge in [0.05, 0.1) is 10.3 Å². The number of aliphatic hydroxyl groups excluding tert-OH is 1. The smallest absolute Gasteiger partial charge is 0.453 e. The lowest BCUT2D eigenvalue weighted by Crippen LogP contribution is -2.68. The van der Waals surface area contributed by atoms with E-state index >= 15 is 0 Å². The molecule has 2 N–H and O–H groups in total. The van der Waals surface area contributed by atoms with Gasteiger partial charge < -0.3 is 23.5 Å². The molecule has 2 fully saturated rings. The molecule has 0 aromatic carbocycles. The van der Waals surface area contributed by atoms with Crippen LogP contribution in [0.2, 0.25) is 12.1 Å². The third-order valence-corrected chi connectivity index (χ3v) is 11.5. The van der Waals surface area contributed by atoms with Crippen LogP contribution in [0.3, 0.4) is 0 Å². The van der Waals surface area contributed by atoms with Gasteiger partial charge in [-0.25, -0.2) is 9.59 Å². The summed E-state index contributed by atoms with van der Waals surface area (Å²) in [4.78, 5) is 48.4. The van der Waals surface area contributed by atoms with E-state index in [-0.39, 0.29) is 35.0 Å². The second-order valence-corrected chi connectivity index (χ2v) is 13.0. The Morgan fingerprint density at radius 1 is 1.47 bits per heavy atom. The summed E-state index contributed by atoms with van der Waals surface area (Å²) in [5, 5.41) is 9.98. The third-order valence-electron chi connectivity index (χ3n) is 5.94. The van der Waals surface area contributed by atoms with Crippen LogP contribution >= 0.6 is 23.5 Å². The number of aliphatic hydroxyl groups is 1. The first-order valence-electron chi connectivity index (χ1n) is 9.66. The van der Waals surface area contributed by atoms with Crippen LogP contribution in [0.1, 0.15) is 31.8 Å². The summed E-state index contributed by atoms with van der Waals surface area (Å²) < 4.78 is 15.6. The molecule has 3 aliphatic rings. The van der Waals surface area contributed by atoms with Gasteiger partial charge in [0.15, 0.2) is 32.9 Å². The highest BCUT2D eigenvalue weighted by Crippen LogP contribution is 2.60. The molecule has 0 radical (unpaired) electrons. The number of carbonyl (C=O) groups excluding carboxylic acids is 2. The van der Waals surface area contributed by atoms with E-state index in [1.165, 1.54) is 35.3 Å². The maximum Gasteiger partial charge on any atom is 0.519 e. The Morgan fingerprint density at radius 2 is 2.20 bits per heavy atom. The Hall–Kier alpha value is -1.47. The number of β-lactam (4-membered cyclic amide) rings is 1. The van der Waals surface area contributed by atoms with Crippen LogP contribution in [0.25, 0.3) is 0 Å². The highest BCUT2D eigenvalue weighted by molar-refractivity contribution is 8.23. The average molecular weight is 474 g/mol. The van der Waals surface area contributed by atoms with Crippen molar-refractivity contribution >= 4 is 44.4 Å². The number of fused-ring (bicyclic) bond motifs is 1. The lowest BCUT2D eigenvalue weighted by atomic mass is 9.75. The zero-order valence-corrected chi connectivity index (χ0v) is 19.5. The summed E-state index contributed by atoms with van der Waals surface area (Å²) in [7, 11) is -1.68. The molecule has 9 nitrogen and oxygen atoms in total. The lowest BCUT2D eigenvalue weighted by molar-refractivity contribution is -0.171. The van der Waals surface area contributed by atoms with E-state index in [2.05, 4.69) is 0 Å². The van der Waals surface area contributed by atoms with Crippen LogP contribution in [0.4, 0.5) is 0 Å². The van der Waals surface area contributed by atoms with Crippen molar-refractivity contribution < 1.29 is 33.1 Å². The number of nitrogens with zero attached hydrogens (tertiary/aromatic N) is 1. The van der Waals surface area contributed by atoms with Gasteiger partial charge in [0, 0.05) is 5.25 Å². The van der Waals surface area contributed by atoms with E-state index in [9.17, 15) is 24.3 Å². The molecule has 1 aromatic heterocycles. The molecule has 1 amide bonds. The van der Waals surface area contributed by atoms with Gasteiger partial charge in [0.2, 0.25) is 5.91 Å². The Bertz CT molecular complexity index is 972. The van der Waals surface area contributed by atoms with E-state index in [4.69, 9.17) is 13.6 Å². The number of aryl methyl sites for hydroxylation is 1. The molecule has 0 bridgehead atoms. The van der Waals surface area contributed by atoms with E-state index in [0.717, 1.165) is 18.5 Å². The van der Waals surface area contributed by atoms with Gasteiger partial charge in [0.25, 0.3) is 0 Å². The summed E-state index contributed by atoms with van der Waals surface area (Å²) >= 11 is 2.88. The van der Waals surface area contributed by atoms with Gasteiger partial charge in [-0.2, -0.15) is 0 Å². The molecule has 0 spiro atoms. The maximum atomic E-state index is 12.9. The van der Waals surface area contributed by atoms with Crippen LogP contribution in [0.15, 0.2) is 23.6 Å². The molecule has 164 valence electrons. The topological polar surface area (TPSA) is 130 Å². The Balaban J connectivity index is 1.57. The molecule has 4 heterocycles. The summed E-state index contributed by atoms with van der Waals surface area (Å²) in [6.45, 7) is 4.50. The molecular weight excluding hydrogens is 450 g/mol. The van der Waals surface area contributed by atoms with E-state index < -0.39 is 37.7 Å². The van der Waals surface area contributed by atoms with Crippen LogP contribution in [0.5, 0.6) is 0 Å². The number of esters is 1. The third kappa shape index (κ3) is 3.48. The molecule has 2 saturated heterocycles. The number of thioether (sulfide) groups is 2. The number of carbonyl (C=O) groups is 2. The molecule has 12 heteroatoms. The first kappa shape index (κ1) is 21.7. The summed E-state index contributed by atoms with van der Waals surface area (Å²) in [6.07, 6.45) is -0.000227. The van der Waals surface area contributed by atoms with Crippen molar-refractivity contribution in [1.82, 2.24) is 4.90 Å². The molecule has 4 rings (SSSR count). The zero-order valence-electron chi connectivity index (χ0n) is 16.7. The molecule has 30 heavy (non-hydrogen) atoms. The predicted octanol–water partition coefficient (Wildman–Crippen LogP) is 1.28. The molecule has 0 aliphatic carbocycles. The normalized spacial score (nSPS) is 31.7. The fourth-order valence-electron chi connectivity index (χ4n) is 3.86. The van der Waals surface area contributed by atoms with Crippen molar-refractivity contribution in [3.63, 3.8) is 0 Å². The standard InChI is InChI=1S/C18H23NO8S2Si/c1-8-11(27-17(23)26-8)6-25-13(21)12-14(28-10-4-5-30(24)7-10)29-16-18(3,9(2)20)15(22)19(12)16/h9-10,16,20,24,30H,4-7H2,1-3H3/t9-,10+,16-,18+,30-/m1/s1. The van der Waals surface area contributed by atoms with Crippen molar-refractivity contribution in [3.05, 3.63) is 32.1 Å². The Kier molecular flexibility index (Phi) is 5.72. The monoisotopic (exact) mass is 473 g/mol. The Labute approximate surface area is 182 Å². The minimum atomic E-state index is -1.68. The summed E-state index contributed by atoms with van der Waals surface area (Å²) in [6, 6.07) is 1.59. The number of rotatable bonds is 6. The van der Waals surface area contributed by atoms with E-state index in [0.29, 0.717) is 4.24 Å². The quantitative estimate of drug-likeness (QED) is 0.354. The van der Waals surface area contributed by atoms with Crippen LogP contribution < -0.4 is 5.82 Å². The SMILES string of the molecule is Cc1oc(=O)oc1COC(=O)C1=C(S[C@H]2CC[Si@@H](O)C2)S[C@H]2N1C(=O)[C@]2(C)[C@@H](C)O. The Morgan fingerprint density at radius 3 is 2.77 bits per heavy atom. The van der Waals surface area contributed by atoms with Crippen LogP contribution in [0, 0.1) is 12.3 Å². The molecule has 1 aromatic rings. The van der Waals surface area contributed by atoms with E-state index in [1.807, 2.05) is 0 Å². The minimum absolute atomic E-state index is 0.110. The second kappa shape index (κ2) is 7.90. The van der Waals surface area contributed by atoms with Gasteiger partial charge in [-0.15, -0.1) is 11.8 Å². The largest absolute Gasteiger partial charge is 0.519 e. The number of hydrogen-bond acceptors (Lipinski definition) is 10. The first-order valence-corrected chi connectivity index (χ1v) is 13.6. The molecule has 0 saturated carbocycles. The van der Waals surface area contributed by atoms with Crippen molar-refractivity contribution in [2.24, 2.45) is 5.41 Å².